The highest BCUT2D eigenvalue weighted by atomic mass is 35.5. The molecular formula is C28H26ClN3O3. The van der Waals surface area contributed by atoms with Crippen molar-refractivity contribution in [1.82, 2.24) is 10.2 Å². The van der Waals surface area contributed by atoms with Crippen LogP contribution in [0.25, 0.3) is 6.08 Å². The molecule has 3 aromatic carbocycles. The first-order valence-corrected chi connectivity index (χ1v) is 12.1. The molecule has 35 heavy (non-hydrogen) atoms. The van der Waals surface area contributed by atoms with Gasteiger partial charge in [-0.3, -0.25) is 14.5 Å². The highest BCUT2D eigenvalue weighted by molar-refractivity contribution is 6.30. The number of piperidine rings is 1. The Kier molecular flexibility index (Phi) is 6.84. The van der Waals surface area contributed by atoms with Gasteiger partial charge < -0.3 is 15.4 Å². The molecule has 6 nitrogen and oxygen atoms in total. The predicted octanol–water partition coefficient (Wildman–Crippen LogP) is 5.11. The summed E-state index contributed by atoms with van der Waals surface area (Å²) >= 11 is 5.92. The Bertz CT molecular complexity index is 1250. The fraction of sp³-hybridized carbons (Fsp3) is 0.214. The molecule has 2 N–H and O–H groups in total. The molecule has 1 fully saturated rings. The Hall–Kier alpha value is -3.61. The fourth-order valence-electron chi connectivity index (χ4n) is 4.36. The molecule has 7 heteroatoms. The van der Waals surface area contributed by atoms with Gasteiger partial charge in [-0.1, -0.05) is 54.1 Å². The van der Waals surface area contributed by atoms with Crippen LogP contribution in [0.15, 0.2) is 78.6 Å². The van der Waals surface area contributed by atoms with E-state index >= 15 is 0 Å². The van der Waals surface area contributed by atoms with E-state index in [2.05, 4.69) is 39.8 Å². The van der Waals surface area contributed by atoms with Gasteiger partial charge in [0.2, 0.25) is 0 Å². The maximum Gasteiger partial charge on any atom is 0.291 e. The number of hydrogen-bond donors (Lipinski definition) is 2. The first-order valence-electron chi connectivity index (χ1n) is 11.7. The van der Waals surface area contributed by atoms with Gasteiger partial charge in [0.1, 0.15) is 0 Å². The average Bonchev–Trinajstić information content (AvgIpc) is 2.87. The van der Waals surface area contributed by atoms with E-state index < -0.39 is 0 Å². The molecule has 2 aliphatic heterocycles. The lowest BCUT2D eigenvalue weighted by Gasteiger charge is -2.32. The van der Waals surface area contributed by atoms with Gasteiger partial charge >= 0.3 is 0 Å². The number of fused-ring (bicyclic) bond motifs is 1. The van der Waals surface area contributed by atoms with Crippen LogP contribution in [0.5, 0.6) is 5.75 Å². The van der Waals surface area contributed by atoms with E-state index in [4.69, 9.17) is 16.3 Å². The van der Waals surface area contributed by atoms with Gasteiger partial charge in [0.25, 0.3) is 11.8 Å². The van der Waals surface area contributed by atoms with Gasteiger partial charge in [-0.2, -0.15) is 0 Å². The Morgan fingerprint density at radius 1 is 1.06 bits per heavy atom. The highest BCUT2D eigenvalue weighted by Gasteiger charge is 2.25. The molecule has 0 aromatic heterocycles. The minimum Gasteiger partial charge on any atom is -0.449 e. The SMILES string of the molecule is O=C1Nc2cc(C(=O)NC3CCN(Cc4ccccc4)CC3)ccc2O/C1=C/c1ccc(Cl)cc1. The lowest BCUT2D eigenvalue weighted by atomic mass is 10.0. The van der Waals surface area contributed by atoms with Gasteiger partial charge in [0.05, 0.1) is 5.69 Å². The van der Waals surface area contributed by atoms with Crippen LogP contribution in [0, 0.1) is 0 Å². The molecule has 0 aliphatic carbocycles. The number of rotatable bonds is 5. The Morgan fingerprint density at radius 3 is 2.54 bits per heavy atom. The third-order valence-electron chi connectivity index (χ3n) is 6.27. The zero-order valence-corrected chi connectivity index (χ0v) is 19.9. The van der Waals surface area contributed by atoms with Crippen molar-refractivity contribution in [2.45, 2.75) is 25.4 Å². The number of nitrogens with zero attached hydrogens (tertiary/aromatic N) is 1. The van der Waals surface area contributed by atoms with Crippen molar-refractivity contribution >= 4 is 35.2 Å². The molecule has 0 atom stereocenters. The summed E-state index contributed by atoms with van der Waals surface area (Å²) in [7, 11) is 0. The van der Waals surface area contributed by atoms with Gasteiger partial charge in [0, 0.05) is 36.3 Å². The van der Waals surface area contributed by atoms with E-state index in [0.29, 0.717) is 22.0 Å². The van der Waals surface area contributed by atoms with Gasteiger partial charge in [0.15, 0.2) is 11.5 Å². The molecule has 0 radical (unpaired) electrons. The van der Waals surface area contributed by atoms with Gasteiger partial charge in [-0.05, 0) is 60.4 Å². The standard InChI is InChI=1S/C28H26ClN3O3/c29-22-9-6-19(7-10-22)16-26-28(34)31-24-17-21(8-11-25(24)35-26)27(33)30-23-12-14-32(15-13-23)18-20-4-2-1-3-5-20/h1-11,16-17,23H,12-15,18H2,(H,30,33)(H,31,34)/b26-16+. The maximum absolute atomic E-state index is 12.9. The molecule has 3 aromatic rings. The monoisotopic (exact) mass is 487 g/mol. The van der Waals surface area contributed by atoms with Crippen molar-refractivity contribution in [3.05, 3.63) is 100 Å². The first kappa shape index (κ1) is 23.1. The van der Waals surface area contributed by atoms with E-state index in [-0.39, 0.29) is 23.6 Å². The van der Waals surface area contributed by atoms with Crippen LogP contribution in [0.2, 0.25) is 5.02 Å². The number of hydrogen-bond acceptors (Lipinski definition) is 4. The summed E-state index contributed by atoms with van der Waals surface area (Å²) in [4.78, 5) is 27.9. The number of benzene rings is 3. The van der Waals surface area contributed by atoms with Crippen LogP contribution < -0.4 is 15.4 Å². The van der Waals surface area contributed by atoms with Gasteiger partial charge in [-0.25, -0.2) is 0 Å². The number of anilines is 1. The number of nitrogens with one attached hydrogen (secondary N) is 2. The summed E-state index contributed by atoms with van der Waals surface area (Å²) in [5.41, 5.74) is 3.08. The minimum absolute atomic E-state index is 0.130. The molecule has 1 saturated heterocycles. The normalized spacial score (nSPS) is 17.4. The summed E-state index contributed by atoms with van der Waals surface area (Å²) in [5.74, 6) is 0.164. The first-order chi connectivity index (χ1) is 17.0. The van der Waals surface area contributed by atoms with Gasteiger partial charge in [-0.15, -0.1) is 0 Å². The van der Waals surface area contributed by atoms with Crippen molar-refractivity contribution < 1.29 is 14.3 Å². The molecule has 2 amide bonds. The van der Waals surface area contributed by atoms with Crippen molar-refractivity contribution in [3.8, 4) is 5.75 Å². The second-order valence-corrected chi connectivity index (χ2v) is 9.27. The van der Waals surface area contributed by atoms with Crippen molar-refractivity contribution in [2.75, 3.05) is 18.4 Å². The van der Waals surface area contributed by atoms with E-state index in [9.17, 15) is 9.59 Å². The lowest BCUT2D eigenvalue weighted by molar-refractivity contribution is -0.115. The fourth-order valence-corrected chi connectivity index (χ4v) is 4.48. The molecule has 2 heterocycles. The second-order valence-electron chi connectivity index (χ2n) is 8.84. The van der Waals surface area contributed by atoms with Crippen LogP contribution in [-0.4, -0.2) is 35.8 Å². The lowest BCUT2D eigenvalue weighted by Crippen LogP contribution is -2.44. The predicted molar refractivity (Wildman–Crippen MR) is 137 cm³/mol. The molecule has 0 saturated carbocycles. The number of amides is 2. The number of carbonyl (C=O) groups is 2. The van der Waals surface area contributed by atoms with Crippen molar-refractivity contribution in [1.29, 1.82) is 0 Å². The Labute approximate surface area is 209 Å². The third-order valence-corrected chi connectivity index (χ3v) is 6.53. The van der Waals surface area contributed by atoms with Crippen molar-refractivity contribution in [3.63, 3.8) is 0 Å². The van der Waals surface area contributed by atoms with E-state index in [0.717, 1.165) is 38.0 Å². The Balaban J connectivity index is 1.18. The van der Waals surface area contributed by atoms with Crippen LogP contribution in [-0.2, 0) is 11.3 Å². The van der Waals surface area contributed by atoms with E-state index in [1.807, 2.05) is 6.07 Å². The molecule has 5 rings (SSSR count). The molecule has 0 bridgehead atoms. The zero-order valence-electron chi connectivity index (χ0n) is 19.2. The summed E-state index contributed by atoms with van der Waals surface area (Å²) < 4.78 is 5.80. The van der Waals surface area contributed by atoms with Crippen LogP contribution >= 0.6 is 11.6 Å². The number of carbonyl (C=O) groups excluding carboxylic acids is 2. The van der Waals surface area contributed by atoms with Crippen LogP contribution in [0.3, 0.4) is 0 Å². The molecule has 2 aliphatic rings. The number of ether oxygens (including phenoxy) is 1. The largest absolute Gasteiger partial charge is 0.449 e. The molecule has 178 valence electrons. The summed E-state index contributed by atoms with van der Waals surface area (Å²) in [5, 5.41) is 6.59. The molecule has 0 spiro atoms. The quantitative estimate of drug-likeness (QED) is 0.491. The number of halogens is 1. The molecule has 0 unspecified atom stereocenters. The third kappa shape index (κ3) is 5.73. The topological polar surface area (TPSA) is 70.7 Å². The van der Waals surface area contributed by atoms with Crippen molar-refractivity contribution in [2.24, 2.45) is 0 Å². The van der Waals surface area contributed by atoms with E-state index in [1.165, 1.54) is 5.56 Å². The maximum atomic E-state index is 12.9. The van der Waals surface area contributed by atoms with E-state index in [1.54, 1.807) is 48.5 Å². The van der Waals surface area contributed by atoms with Crippen LogP contribution in [0.4, 0.5) is 5.69 Å². The number of likely N-dealkylation sites (tertiary alicyclic amines) is 1. The Morgan fingerprint density at radius 2 is 1.80 bits per heavy atom. The zero-order chi connectivity index (χ0) is 24.2. The minimum atomic E-state index is -0.365. The highest BCUT2D eigenvalue weighted by Crippen LogP contribution is 2.32. The summed E-state index contributed by atoms with van der Waals surface area (Å²) in [6.45, 7) is 2.81. The second kappa shape index (κ2) is 10.3. The summed E-state index contributed by atoms with van der Waals surface area (Å²) in [6.07, 6.45) is 3.46. The average molecular weight is 488 g/mol. The summed E-state index contributed by atoms with van der Waals surface area (Å²) in [6, 6.07) is 22.8. The molecular weight excluding hydrogens is 462 g/mol. The smallest absolute Gasteiger partial charge is 0.291 e. The van der Waals surface area contributed by atoms with Crippen LogP contribution in [0.1, 0.15) is 34.3 Å².